The third kappa shape index (κ3) is 2.64. The molecule has 5 aromatic rings. The summed E-state index contributed by atoms with van der Waals surface area (Å²) in [5.74, 6) is 1.44. The van der Waals surface area contributed by atoms with Crippen molar-refractivity contribution in [1.82, 2.24) is 9.55 Å². The molecule has 3 nitrogen and oxygen atoms in total. The molecule has 27 heavy (non-hydrogen) atoms. The molecule has 0 amide bonds. The van der Waals surface area contributed by atoms with E-state index >= 15 is 0 Å². The van der Waals surface area contributed by atoms with Crippen molar-refractivity contribution in [3.8, 4) is 34.0 Å². The van der Waals surface area contributed by atoms with Gasteiger partial charge in [-0.05, 0) is 6.07 Å². The Labute approximate surface area is 157 Å². The van der Waals surface area contributed by atoms with Crippen molar-refractivity contribution < 1.29 is 4.42 Å². The van der Waals surface area contributed by atoms with Gasteiger partial charge in [0.05, 0.1) is 5.56 Å². The first-order valence-corrected chi connectivity index (χ1v) is 8.97. The van der Waals surface area contributed by atoms with Crippen LogP contribution in [0.15, 0.2) is 95.5 Å². The minimum atomic E-state index is 0.643. The third-order valence-electron chi connectivity index (χ3n) is 4.84. The predicted molar refractivity (Wildman–Crippen MR) is 109 cm³/mol. The van der Waals surface area contributed by atoms with Gasteiger partial charge in [0.2, 0.25) is 5.89 Å². The maximum absolute atomic E-state index is 6.34. The molecule has 5 rings (SSSR count). The van der Waals surface area contributed by atoms with Gasteiger partial charge in [-0.25, -0.2) is 4.98 Å². The predicted octanol–water partition coefficient (Wildman–Crippen LogP) is 6.17. The number of para-hydroxylation sites is 1. The van der Waals surface area contributed by atoms with Gasteiger partial charge in [0, 0.05) is 35.3 Å². The van der Waals surface area contributed by atoms with E-state index in [2.05, 4.69) is 47.2 Å². The molecule has 0 unspecified atom stereocenters. The largest absolute Gasteiger partial charge is 0.435 e. The number of oxazole rings is 1. The third-order valence-corrected chi connectivity index (χ3v) is 4.84. The summed E-state index contributed by atoms with van der Waals surface area (Å²) in [7, 11) is 2.05. The van der Waals surface area contributed by atoms with Gasteiger partial charge in [0.25, 0.3) is 0 Å². The number of hydrogen-bond donors (Lipinski definition) is 0. The summed E-state index contributed by atoms with van der Waals surface area (Å²) in [4.78, 5) is 4.91. The molecule has 0 atom stereocenters. The van der Waals surface area contributed by atoms with Crippen molar-refractivity contribution in [2.24, 2.45) is 7.05 Å². The molecule has 2 aromatic heterocycles. The molecule has 0 aliphatic heterocycles. The minimum Gasteiger partial charge on any atom is -0.435 e. The van der Waals surface area contributed by atoms with E-state index in [-0.39, 0.29) is 0 Å². The van der Waals surface area contributed by atoms with Gasteiger partial charge in [-0.3, -0.25) is 0 Å². The summed E-state index contributed by atoms with van der Waals surface area (Å²) in [6.07, 6.45) is 2.08. The summed E-state index contributed by atoms with van der Waals surface area (Å²) in [5.41, 5.74) is 5.10. The fourth-order valence-corrected chi connectivity index (χ4v) is 3.52. The van der Waals surface area contributed by atoms with Crippen molar-refractivity contribution in [1.29, 1.82) is 0 Å². The molecule has 0 spiro atoms. The van der Waals surface area contributed by atoms with E-state index < -0.39 is 0 Å². The zero-order valence-corrected chi connectivity index (χ0v) is 15.0. The van der Waals surface area contributed by atoms with Crippen LogP contribution in [-0.2, 0) is 7.05 Å². The number of nitrogens with zero attached hydrogens (tertiary/aromatic N) is 2. The molecule has 0 N–H and O–H groups in total. The lowest BCUT2D eigenvalue weighted by atomic mass is 10.1. The highest BCUT2D eigenvalue weighted by molar-refractivity contribution is 5.95. The van der Waals surface area contributed by atoms with Crippen molar-refractivity contribution >= 4 is 10.9 Å². The highest BCUT2D eigenvalue weighted by Crippen LogP contribution is 2.38. The SMILES string of the molecule is Cn1cc(-c2nc(-c3ccccc3)c(-c3ccccc3)o2)c2ccccc21. The highest BCUT2D eigenvalue weighted by Gasteiger charge is 2.20. The zero-order chi connectivity index (χ0) is 18.2. The molecule has 2 heterocycles. The van der Waals surface area contributed by atoms with Crippen LogP contribution in [0.1, 0.15) is 0 Å². The van der Waals surface area contributed by atoms with Gasteiger partial charge in [0.15, 0.2) is 5.76 Å². The Balaban J connectivity index is 1.76. The van der Waals surface area contributed by atoms with Crippen molar-refractivity contribution in [3.63, 3.8) is 0 Å². The van der Waals surface area contributed by atoms with Gasteiger partial charge in [0.1, 0.15) is 5.69 Å². The maximum atomic E-state index is 6.34. The van der Waals surface area contributed by atoms with Crippen LogP contribution in [0.2, 0.25) is 0 Å². The van der Waals surface area contributed by atoms with Crippen LogP contribution in [0.5, 0.6) is 0 Å². The van der Waals surface area contributed by atoms with E-state index in [0.29, 0.717) is 5.89 Å². The Bertz CT molecular complexity index is 1160. The van der Waals surface area contributed by atoms with Crippen LogP contribution in [-0.4, -0.2) is 9.55 Å². The molecule has 130 valence electrons. The van der Waals surface area contributed by atoms with Crippen LogP contribution >= 0.6 is 0 Å². The molecule has 0 bridgehead atoms. The first-order chi connectivity index (χ1) is 13.3. The van der Waals surface area contributed by atoms with E-state index in [1.54, 1.807) is 0 Å². The topological polar surface area (TPSA) is 31.0 Å². The average molecular weight is 350 g/mol. The minimum absolute atomic E-state index is 0.643. The zero-order valence-electron chi connectivity index (χ0n) is 15.0. The van der Waals surface area contributed by atoms with E-state index in [0.717, 1.165) is 39.0 Å². The summed E-state index contributed by atoms with van der Waals surface area (Å²) >= 11 is 0. The smallest absolute Gasteiger partial charge is 0.229 e. The van der Waals surface area contributed by atoms with Gasteiger partial charge in [-0.2, -0.15) is 0 Å². The second kappa shape index (κ2) is 6.29. The molecule has 3 heteroatoms. The number of aryl methyl sites for hydroxylation is 1. The monoisotopic (exact) mass is 350 g/mol. The molecule has 0 aliphatic carbocycles. The van der Waals surface area contributed by atoms with E-state index in [1.807, 2.05) is 55.6 Å². The van der Waals surface area contributed by atoms with Crippen LogP contribution in [0.4, 0.5) is 0 Å². The molecule has 0 fully saturated rings. The van der Waals surface area contributed by atoms with Crippen molar-refractivity contribution in [3.05, 3.63) is 91.1 Å². The Hall–Kier alpha value is -3.59. The first-order valence-electron chi connectivity index (χ1n) is 8.97. The number of hydrogen-bond acceptors (Lipinski definition) is 2. The fourth-order valence-electron chi connectivity index (χ4n) is 3.52. The van der Waals surface area contributed by atoms with Crippen LogP contribution in [0, 0.1) is 0 Å². The number of fused-ring (bicyclic) bond motifs is 1. The van der Waals surface area contributed by atoms with Gasteiger partial charge in [-0.15, -0.1) is 0 Å². The quantitative estimate of drug-likeness (QED) is 0.390. The normalized spacial score (nSPS) is 11.1. The molecule has 0 saturated carbocycles. The molecule has 0 saturated heterocycles. The van der Waals surface area contributed by atoms with Gasteiger partial charge in [-0.1, -0.05) is 78.9 Å². The van der Waals surface area contributed by atoms with E-state index in [1.165, 1.54) is 0 Å². The van der Waals surface area contributed by atoms with Gasteiger partial charge >= 0.3 is 0 Å². The molecular weight excluding hydrogens is 332 g/mol. The second-order valence-corrected chi connectivity index (χ2v) is 6.60. The first kappa shape index (κ1) is 15.6. The second-order valence-electron chi connectivity index (χ2n) is 6.60. The Morgan fingerprint density at radius 2 is 1.37 bits per heavy atom. The summed E-state index contributed by atoms with van der Waals surface area (Å²) in [5, 5.41) is 1.14. The van der Waals surface area contributed by atoms with E-state index in [4.69, 9.17) is 9.40 Å². The van der Waals surface area contributed by atoms with Crippen LogP contribution in [0.3, 0.4) is 0 Å². The Morgan fingerprint density at radius 3 is 2.11 bits per heavy atom. The van der Waals surface area contributed by atoms with Gasteiger partial charge < -0.3 is 8.98 Å². The van der Waals surface area contributed by atoms with Crippen LogP contribution < -0.4 is 0 Å². The molecule has 0 radical (unpaired) electrons. The highest BCUT2D eigenvalue weighted by atomic mass is 16.4. The lowest BCUT2D eigenvalue weighted by molar-refractivity contribution is 0.589. The van der Waals surface area contributed by atoms with E-state index in [9.17, 15) is 0 Å². The lowest BCUT2D eigenvalue weighted by Crippen LogP contribution is -1.82. The lowest BCUT2D eigenvalue weighted by Gasteiger charge is -2.00. The molecule has 3 aromatic carbocycles. The van der Waals surface area contributed by atoms with Crippen molar-refractivity contribution in [2.75, 3.05) is 0 Å². The van der Waals surface area contributed by atoms with Crippen LogP contribution in [0.25, 0.3) is 44.9 Å². The number of benzene rings is 3. The number of rotatable bonds is 3. The van der Waals surface area contributed by atoms with Crippen molar-refractivity contribution in [2.45, 2.75) is 0 Å². The fraction of sp³-hybridized carbons (Fsp3) is 0.0417. The molecular formula is C24H18N2O. The summed E-state index contributed by atoms with van der Waals surface area (Å²) < 4.78 is 8.45. The standard InChI is InChI=1S/C24H18N2O/c1-26-16-20(19-14-8-9-15-21(19)26)24-25-22(17-10-4-2-5-11-17)23(27-24)18-12-6-3-7-13-18/h2-16H,1H3. The molecule has 0 aliphatic rings. The maximum Gasteiger partial charge on any atom is 0.229 e. The summed E-state index contributed by atoms with van der Waals surface area (Å²) in [6, 6.07) is 28.7. The Morgan fingerprint density at radius 1 is 0.741 bits per heavy atom. The Kier molecular flexibility index (Phi) is 3.65. The summed E-state index contributed by atoms with van der Waals surface area (Å²) in [6.45, 7) is 0. The number of aromatic nitrogens is 2. The average Bonchev–Trinajstić information content (AvgIpc) is 3.32.